The molecule has 0 fully saturated rings. The number of hydrogen-bond donors (Lipinski definition) is 0. The van der Waals surface area contributed by atoms with E-state index in [1.807, 2.05) is 66.7 Å². The molecule has 0 saturated heterocycles. The first kappa shape index (κ1) is 40.1. The van der Waals surface area contributed by atoms with Gasteiger partial charge in [-0.3, -0.25) is 6.08 Å². The van der Waals surface area contributed by atoms with E-state index in [9.17, 15) is 0 Å². The number of halogens is 2. The van der Waals surface area contributed by atoms with Crippen molar-refractivity contribution >= 4 is 72.1 Å². The minimum absolute atomic E-state index is 0. The maximum atomic E-state index is 3.95. The molecular weight excluding hydrogens is 751 g/mol. The maximum absolute atomic E-state index is 3.95. The van der Waals surface area contributed by atoms with Gasteiger partial charge in [0.05, 0.1) is 0 Å². The van der Waals surface area contributed by atoms with Gasteiger partial charge in [-0.15, -0.1) is 107 Å². The summed E-state index contributed by atoms with van der Waals surface area (Å²) in [5.74, 6) is 0. The first-order valence-electron chi connectivity index (χ1n) is 16.8. The van der Waals surface area contributed by atoms with Crippen molar-refractivity contribution in [3.05, 3.63) is 218 Å². The molecule has 3 heteroatoms. The molecule has 0 nitrogen and oxygen atoms in total. The average molecular weight is 791 g/mol. The van der Waals surface area contributed by atoms with Gasteiger partial charge in [-0.1, -0.05) is 113 Å². The summed E-state index contributed by atoms with van der Waals surface area (Å²) < 4.78 is 3.34. The minimum atomic E-state index is 0. The maximum Gasteiger partial charge on any atom is -0.0240 e. The fourth-order valence-corrected chi connectivity index (χ4v) is 6.65. The van der Waals surface area contributed by atoms with Crippen molar-refractivity contribution in [3.8, 4) is 11.1 Å². The van der Waals surface area contributed by atoms with Crippen molar-refractivity contribution < 1.29 is 24.2 Å². The summed E-state index contributed by atoms with van der Waals surface area (Å²) in [6.45, 7) is 7.90. The minimum Gasteiger partial charge on any atom is -0.147 e. The molecule has 0 spiro atoms. The first-order valence-corrected chi connectivity index (χ1v) is 18.5. The third-order valence-electron chi connectivity index (χ3n) is 8.95. The Labute approximate surface area is 336 Å². The Balaban J connectivity index is 0.000000167. The molecular formula is C49H40Cl2Zr-4. The van der Waals surface area contributed by atoms with Crippen LogP contribution in [0.1, 0.15) is 28.7 Å². The van der Waals surface area contributed by atoms with Gasteiger partial charge in [0.1, 0.15) is 0 Å². The van der Waals surface area contributed by atoms with Crippen LogP contribution in [0.4, 0.5) is 0 Å². The molecule has 52 heavy (non-hydrogen) atoms. The molecule has 0 aromatic heterocycles. The van der Waals surface area contributed by atoms with Gasteiger partial charge in [-0.05, 0) is 28.5 Å². The van der Waals surface area contributed by atoms with Crippen LogP contribution in [0.15, 0.2) is 170 Å². The summed E-state index contributed by atoms with van der Waals surface area (Å²) in [6.07, 6.45) is 11.0. The van der Waals surface area contributed by atoms with Crippen LogP contribution in [0.5, 0.6) is 0 Å². The summed E-state index contributed by atoms with van der Waals surface area (Å²) in [5.41, 5.74) is 7.87. The zero-order valence-corrected chi connectivity index (χ0v) is 33.1. The van der Waals surface area contributed by atoms with Gasteiger partial charge in [0.15, 0.2) is 0 Å². The molecule has 0 N–H and O–H groups in total. The molecule has 0 bridgehead atoms. The second-order valence-electron chi connectivity index (χ2n) is 12.0. The van der Waals surface area contributed by atoms with E-state index in [2.05, 4.69) is 133 Å². The Morgan fingerprint density at radius 3 is 1.62 bits per heavy atom. The molecule has 0 amide bonds. The van der Waals surface area contributed by atoms with Crippen LogP contribution in [0, 0.1) is 26.0 Å². The van der Waals surface area contributed by atoms with Crippen LogP contribution >= 0.6 is 24.8 Å². The standard InChI is InChI=1S/C21H13.2C11H9.C5H5.CH2.2ClH.Zr/c1-2-8-15-14(7-1)13-20-18-11-4-3-9-16(18)17-10-5-6-12-19(17)21(15)20;2*1-9-5-4-7-10-6-2-3-8-11(9)10;1-2-4-5-3-1;;;;/h1-10,12H,13H2;2*2-8H,1H2;1-3H,4H2;1H2;2*1H;/q4*-1;;;;. The summed E-state index contributed by atoms with van der Waals surface area (Å²) in [7, 11) is 0. The second kappa shape index (κ2) is 19.8. The number of rotatable bonds is 0. The van der Waals surface area contributed by atoms with E-state index >= 15 is 0 Å². The summed E-state index contributed by atoms with van der Waals surface area (Å²) in [5, 5.41) is 10.3. The molecule has 2 aliphatic rings. The van der Waals surface area contributed by atoms with Gasteiger partial charge in [-0.2, -0.15) is 43.2 Å². The van der Waals surface area contributed by atoms with Gasteiger partial charge < -0.3 is 0 Å². The first-order chi connectivity index (χ1) is 24.7. The zero-order chi connectivity index (χ0) is 34.7. The topological polar surface area (TPSA) is 0 Å². The quantitative estimate of drug-likeness (QED) is 0.106. The molecule has 10 rings (SSSR count). The molecule has 0 unspecified atom stereocenters. The van der Waals surface area contributed by atoms with Crippen LogP contribution in [0.25, 0.3) is 54.2 Å². The molecule has 8 aromatic rings. The van der Waals surface area contributed by atoms with Gasteiger partial charge >= 0.3 is 28.4 Å². The van der Waals surface area contributed by atoms with Crippen LogP contribution < -0.4 is 0 Å². The molecule has 0 saturated carbocycles. The molecule has 2 aliphatic carbocycles. The SMILES string of the molecule is Cl.Cl.[C-]1=CC=CC1.[CH2-]c1cccc2ccccc12.[CH2-]c1cccc2ccccc12.[CH2]=[Zr].[c-]1cccc2c1c1c(c3ccccc32)-c2ccccc2C1. The van der Waals surface area contributed by atoms with Gasteiger partial charge in [0.2, 0.25) is 0 Å². The molecule has 8 aromatic carbocycles. The van der Waals surface area contributed by atoms with E-state index in [1.54, 1.807) is 0 Å². The largest absolute Gasteiger partial charge is 0.147 e. The van der Waals surface area contributed by atoms with Crippen LogP contribution in [0.2, 0.25) is 0 Å². The van der Waals surface area contributed by atoms with E-state index in [4.69, 9.17) is 0 Å². The number of benzene rings is 8. The van der Waals surface area contributed by atoms with Crippen molar-refractivity contribution in [1.29, 1.82) is 0 Å². The number of allylic oxidation sites excluding steroid dienone is 4. The molecule has 0 atom stereocenters. The van der Waals surface area contributed by atoms with Crippen LogP contribution in [0.3, 0.4) is 0 Å². The molecule has 0 radical (unpaired) electrons. The van der Waals surface area contributed by atoms with E-state index in [0.717, 1.165) is 24.0 Å². The predicted molar refractivity (Wildman–Crippen MR) is 229 cm³/mol. The summed E-state index contributed by atoms with van der Waals surface area (Å²) in [6, 6.07) is 56.2. The van der Waals surface area contributed by atoms with Crippen molar-refractivity contribution in [2.75, 3.05) is 0 Å². The number of fused-ring (bicyclic) bond motifs is 10. The Morgan fingerprint density at radius 1 is 0.538 bits per heavy atom. The van der Waals surface area contributed by atoms with E-state index in [-0.39, 0.29) is 24.8 Å². The van der Waals surface area contributed by atoms with E-state index in [0.29, 0.717) is 0 Å². The summed E-state index contributed by atoms with van der Waals surface area (Å²) in [4.78, 5) is 0. The van der Waals surface area contributed by atoms with Crippen molar-refractivity contribution in [2.24, 2.45) is 0 Å². The van der Waals surface area contributed by atoms with Crippen LogP contribution in [-0.4, -0.2) is 4.21 Å². The summed E-state index contributed by atoms with van der Waals surface area (Å²) >= 11 is 1.30. The Morgan fingerprint density at radius 2 is 1.06 bits per heavy atom. The molecule has 258 valence electrons. The predicted octanol–water partition coefficient (Wildman–Crippen LogP) is 13.5. The Hall–Kier alpha value is -4.65. The molecule has 0 heterocycles. The average Bonchev–Trinajstić information content (AvgIpc) is 3.90. The second-order valence-corrected chi connectivity index (χ2v) is 12.0. The Bertz CT molecular complexity index is 2360. The fraction of sp³-hybridized carbons (Fsp3) is 0.0408. The van der Waals surface area contributed by atoms with Crippen molar-refractivity contribution in [2.45, 2.75) is 12.8 Å². The third-order valence-corrected chi connectivity index (χ3v) is 8.95. The van der Waals surface area contributed by atoms with Gasteiger partial charge in [0.25, 0.3) is 0 Å². The van der Waals surface area contributed by atoms with Gasteiger partial charge in [-0.25, -0.2) is 12.2 Å². The normalized spacial score (nSPS) is 11.1. The zero-order valence-electron chi connectivity index (χ0n) is 29.0. The van der Waals surface area contributed by atoms with E-state index < -0.39 is 0 Å². The van der Waals surface area contributed by atoms with Crippen molar-refractivity contribution in [3.63, 3.8) is 0 Å². The van der Waals surface area contributed by atoms with Crippen molar-refractivity contribution in [1.82, 2.24) is 0 Å². The monoisotopic (exact) mass is 788 g/mol. The molecule has 0 aliphatic heterocycles. The smallest absolute Gasteiger partial charge is 0.0240 e. The third kappa shape index (κ3) is 9.04. The van der Waals surface area contributed by atoms with E-state index in [1.165, 1.54) is 89.6 Å². The number of hydrogen-bond acceptors (Lipinski definition) is 0. The Kier molecular flexibility index (Phi) is 15.3. The fourth-order valence-electron chi connectivity index (χ4n) is 6.65. The van der Waals surface area contributed by atoms with Crippen LogP contribution in [-0.2, 0) is 30.7 Å². The van der Waals surface area contributed by atoms with Gasteiger partial charge in [0, 0.05) is 0 Å².